The van der Waals surface area contributed by atoms with Crippen LogP contribution in [0.1, 0.15) is 25.3 Å². The summed E-state index contributed by atoms with van der Waals surface area (Å²) >= 11 is 0. The number of nitriles is 1. The maximum atomic E-state index is 11.9. The van der Waals surface area contributed by atoms with Crippen molar-refractivity contribution in [2.45, 2.75) is 19.8 Å². The van der Waals surface area contributed by atoms with E-state index in [0.29, 0.717) is 37.3 Å². The van der Waals surface area contributed by atoms with Crippen molar-refractivity contribution in [1.82, 2.24) is 0 Å². The van der Waals surface area contributed by atoms with Gasteiger partial charge in [0.1, 0.15) is 6.07 Å². The minimum absolute atomic E-state index is 0.00240. The average Bonchev–Trinajstić information content (AvgIpc) is 2.42. The summed E-state index contributed by atoms with van der Waals surface area (Å²) in [6.45, 7) is 3.19. The van der Waals surface area contributed by atoms with E-state index in [4.69, 9.17) is 10.00 Å². The van der Waals surface area contributed by atoms with E-state index in [0.717, 1.165) is 0 Å². The van der Waals surface area contributed by atoms with Crippen LogP contribution in [0.4, 0.5) is 5.69 Å². The molecule has 0 aromatic heterocycles. The Hall–Kier alpha value is -1.86. The maximum absolute atomic E-state index is 11.9. The van der Waals surface area contributed by atoms with Gasteiger partial charge in [0.15, 0.2) is 0 Å². The molecule has 18 heavy (non-hydrogen) atoms. The minimum Gasteiger partial charge on any atom is -0.382 e. The first-order valence-corrected chi connectivity index (χ1v) is 6.04. The molecule has 1 rings (SSSR count). The number of ether oxygens (including phenoxy) is 1. The predicted molar refractivity (Wildman–Crippen MR) is 70.3 cm³/mol. The standard InChI is InChI=1S/C14H18N2O2/c1-3-18-10-6-9-14(17)16(2)13-8-5-4-7-12(13)11-15/h4-5,7-8H,3,6,9-10H2,1-2H3. The van der Waals surface area contributed by atoms with Crippen molar-refractivity contribution < 1.29 is 9.53 Å². The van der Waals surface area contributed by atoms with Crippen molar-refractivity contribution in [1.29, 1.82) is 5.26 Å². The fraction of sp³-hybridized carbons (Fsp3) is 0.429. The van der Waals surface area contributed by atoms with Crippen LogP contribution in [0.15, 0.2) is 24.3 Å². The second kappa shape index (κ2) is 7.46. The number of hydrogen-bond acceptors (Lipinski definition) is 3. The molecule has 0 bridgehead atoms. The Labute approximate surface area is 108 Å². The normalized spacial score (nSPS) is 9.83. The lowest BCUT2D eigenvalue weighted by Crippen LogP contribution is -2.26. The summed E-state index contributed by atoms with van der Waals surface area (Å²) < 4.78 is 5.19. The van der Waals surface area contributed by atoms with Crippen LogP contribution in [0, 0.1) is 11.3 Å². The fourth-order valence-corrected chi connectivity index (χ4v) is 1.63. The highest BCUT2D eigenvalue weighted by atomic mass is 16.5. The van der Waals surface area contributed by atoms with Crippen molar-refractivity contribution in [3.63, 3.8) is 0 Å². The predicted octanol–water partition coefficient (Wildman–Crippen LogP) is 2.34. The number of para-hydroxylation sites is 1. The van der Waals surface area contributed by atoms with Crippen molar-refractivity contribution in [2.24, 2.45) is 0 Å². The highest BCUT2D eigenvalue weighted by molar-refractivity contribution is 5.94. The summed E-state index contributed by atoms with van der Waals surface area (Å²) in [5.41, 5.74) is 1.17. The molecule has 0 aliphatic rings. The van der Waals surface area contributed by atoms with Gasteiger partial charge in [-0.05, 0) is 25.5 Å². The summed E-state index contributed by atoms with van der Waals surface area (Å²) in [7, 11) is 1.69. The summed E-state index contributed by atoms with van der Waals surface area (Å²) in [6.07, 6.45) is 1.13. The zero-order chi connectivity index (χ0) is 13.4. The Kier molecular flexibility index (Phi) is 5.89. The number of carbonyl (C=O) groups is 1. The second-order valence-corrected chi connectivity index (χ2v) is 3.88. The van der Waals surface area contributed by atoms with Gasteiger partial charge in [0.05, 0.1) is 11.3 Å². The first kappa shape index (κ1) is 14.2. The molecule has 0 radical (unpaired) electrons. The Morgan fingerprint density at radius 1 is 1.44 bits per heavy atom. The van der Waals surface area contributed by atoms with Crippen LogP contribution < -0.4 is 4.90 Å². The Balaban J connectivity index is 2.61. The molecule has 0 heterocycles. The van der Waals surface area contributed by atoms with Crippen LogP contribution in [0.25, 0.3) is 0 Å². The first-order valence-electron chi connectivity index (χ1n) is 6.04. The Bertz CT molecular complexity index is 438. The van der Waals surface area contributed by atoms with E-state index in [1.165, 1.54) is 4.90 Å². The highest BCUT2D eigenvalue weighted by Gasteiger charge is 2.13. The molecule has 0 unspecified atom stereocenters. The van der Waals surface area contributed by atoms with Gasteiger partial charge in [-0.15, -0.1) is 0 Å². The van der Waals surface area contributed by atoms with Crippen LogP contribution in [0.3, 0.4) is 0 Å². The van der Waals surface area contributed by atoms with E-state index >= 15 is 0 Å². The third-order valence-corrected chi connectivity index (χ3v) is 2.64. The van der Waals surface area contributed by atoms with Gasteiger partial charge in [-0.25, -0.2) is 0 Å². The van der Waals surface area contributed by atoms with Gasteiger partial charge in [0.25, 0.3) is 0 Å². The number of anilines is 1. The molecular formula is C14H18N2O2. The Morgan fingerprint density at radius 3 is 2.83 bits per heavy atom. The van der Waals surface area contributed by atoms with E-state index in [1.807, 2.05) is 13.0 Å². The topological polar surface area (TPSA) is 53.3 Å². The lowest BCUT2D eigenvalue weighted by Gasteiger charge is -2.18. The minimum atomic E-state index is -0.00240. The first-order chi connectivity index (χ1) is 8.70. The number of nitrogens with zero attached hydrogens (tertiary/aromatic N) is 2. The van der Waals surface area contributed by atoms with Gasteiger partial charge < -0.3 is 9.64 Å². The Morgan fingerprint density at radius 2 is 2.17 bits per heavy atom. The van der Waals surface area contributed by atoms with Crippen LogP contribution in [0.2, 0.25) is 0 Å². The maximum Gasteiger partial charge on any atom is 0.226 e. The van der Waals surface area contributed by atoms with Crippen molar-refractivity contribution in [3.05, 3.63) is 29.8 Å². The van der Waals surface area contributed by atoms with E-state index in [-0.39, 0.29) is 5.91 Å². The lowest BCUT2D eigenvalue weighted by atomic mass is 10.1. The monoisotopic (exact) mass is 246 g/mol. The smallest absolute Gasteiger partial charge is 0.226 e. The number of benzene rings is 1. The molecular weight excluding hydrogens is 228 g/mol. The molecule has 0 N–H and O–H groups in total. The molecule has 0 aliphatic carbocycles. The quantitative estimate of drug-likeness (QED) is 0.724. The molecule has 0 spiro atoms. The molecule has 1 aromatic rings. The molecule has 0 atom stereocenters. The molecule has 0 fully saturated rings. The van der Waals surface area contributed by atoms with Crippen molar-refractivity contribution in [2.75, 3.05) is 25.2 Å². The average molecular weight is 246 g/mol. The van der Waals surface area contributed by atoms with Gasteiger partial charge in [-0.3, -0.25) is 4.79 Å². The largest absolute Gasteiger partial charge is 0.382 e. The lowest BCUT2D eigenvalue weighted by molar-refractivity contribution is -0.118. The number of amides is 1. The molecule has 0 aliphatic heterocycles. The van der Waals surface area contributed by atoms with Crippen molar-refractivity contribution in [3.8, 4) is 6.07 Å². The molecule has 4 nitrogen and oxygen atoms in total. The van der Waals surface area contributed by atoms with E-state index in [9.17, 15) is 4.79 Å². The van der Waals surface area contributed by atoms with E-state index in [2.05, 4.69) is 6.07 Å². The third kappa shape index (κ3) is 3.86. The van der Waals surface area contributed by atoms with Crippen molar-refractivity contribution >= 4 is 11.6 Å². The molecule has 0 saturated heterocycles. The van der Waals surface area contributed by atoms with Crippen LogP contribution in [-0.2, 0) is 9.53 Å². The fourth-order valence-electron chi connectivity index (χ4n) is 1.63. The van der Waals surface area contributed by atoms with Crippen LogP contribution in [-0.4, -0.2) is 26.2 Å². The summed E-state index contributed by atoms with van der Waals surface area (Å²) in [6, 6.07) is 9.18. The number of hydrogen-bond donors (Lipinski definition) is 0. The van der Waals surface area contributed by atoms with Gasteiger partial charge in [0.2, 0.25) is 5.91 Å². The number of rotatable bonds is 6. The second-order valence-electron chi connectivity index (χ2n) is 3.88. The van der Waals surface area contributed by atoms with E-state index < -0.39 is 0 Å². The van der Waals surface area contributed by atoms with E-state index in [1.54, 1.807) is 25.2 Å². The molecule has 4 heteroatoms. The highest BCUT2D eigenvalue weighted by Crippen LogP contribution is 2.19. The van der Waals surface area contributed by atoms with Gasteiger partial charge in [-0.1, -0.05) is 12.1 Å². The third-order valence-electron chi connectivity index (χ3n) is 2.64. The molecule has 0 saturated carbocycles. The molecule has 1 aromatic carbocycles. The summed E-state index contributed by atoms with van der Waals surface area (Å²) in [4.78, 5) is 13.5. The van der Waals surface area contributed by atoms with Gasteiger partial charge in [-0.2, -0.15) is 5.26 Å². The zero-order valence-electron chi connectivity index (χ0n) is 10.8. The zero-order valence-corrected chi connectivity index (χ0v) is 10.8. The summed E-state index contributed by atoms with van der Waals surface area (Å²) in [5, 5.41) is 8.99. The number of carbonyl (C=O) groups excluding carboxylic acids is 1. The van der Waals surface area contributed by atoms with Crippen LogP contribution >= 0.6 is 0 Å². The van der Waals surface area contributed by atoms with Gasteiger partial charge >= 0.3 is 0 Å². The SMILES string of the molecule is CCOCCCC(=O)N(C)c1ccccc1C#N. The molecule has 1 amide bonds. The van der Waals surface area contributed by atoms with Gasteiger partial charge in [0, 0.05) is 26.7 Å². The summed E-state index contributed by atoms with van der Waals surface area (Å²) in [5.74, 6) is -0.00240. The molecule has 96 valence electrons. The van der Waals surface area contributed by atoms with Crippen LogP contribution in [0.5, 0.6) is 0 Å².